The van der Waals surface area contributed by atoms with Gasteiger partial charge in [-0.3, -0.25) is 9.11 Å². The van der Waals surface area contributed by atoms with E-state index in [2.05, 4.69) is 110 Å². The van der Waals surface area contributed by atoms with Gasteiger partial charge in [0.1, 0.15) is 18.9 Å². The van der Waals surface area contributed by atoms with Crippen molar-refractivity contribution >= 4 is 37.1 Å². The molecule has 1 aliphatic carbocycles. The SMILES string of the molecule is CCN1c2cc3c(cc2C(C)=CC1(C)C)C(c1n(CCCCS(=O)(=O)O)cc[n+]1C)=c1cc2c(cc1C3(C)C)=[N+](Cc1ccc(S(=O)(=O)O)cc1)CCC2. The largest absolute Gasteiger partial charge is 0.363 e. The van der Waals surface area contributed by atoms with Gasteiger partial charge < -0.3 is 4.90 Å². The van der Waals surface area contributed by atoms with Gasteiger partial charge in [-0.1, -0.05) is 32.1 Å². The van der Waals surface area contributed by atoms with E-state index in [0.717, 1.165) is 42.9 Å². The third-order valence-corrected chi connectivity index (χ3v) is 13.4. The predicted octanol–water partition coefficient (Wildman–Crippen LogP) is 4.77. The number of anilines is 1. The van der Waals surface area contributed by atoms with Crippen LogP contribution < -0.4 is 24.6 Å². The predicted molar refractivity (Wildman–Crippen MR) is 212 cm³/mol. The van der Waals surface area contributed by atoms with E-state index >= 15 is 0 Å². The van der Waals surface area contributed by atoms with Crippen LogP contribution in [0.25, 0.3) is 11.1 Å². The molecule has 0 saturated carbocycles. The number of aromatic nitrogens is 2. The lowest BCUT2D eigenvalue weighted by molar-refractivity contribution is -0.673. The third kappa shape index (κ3) is 6.86. The molecule has 0 fully saturated rings. The summed E-state index contributed by atoms with van der Waals surface area (Å²) < 4.78 is 72.1. The second-order valence-electron chi connectivity index (χ2n) is 16.2. The van der Waals surface area contributed by atoms with Crippen LogP contribution in [0.4, 0.5) is 5.69 Å². The number of fused-ring (bicyclic) bond motifs is 4. The molecule has 0 atom stereocenters. The maximum atomic E-state index is 11.7. The maximum absolute atomic E-state index is 11.7. The van der Waals surface area contributed by atoms with Crippen molar-refractivity contribution in [1.29, 1.82) is 0 Å². The van der Waals surface area contributed by atoms with E-state index in [1.807, 2.05) is 0 Å². The van der Waals surface area contributed by atoms with Gasteiger partial charge in [0.2, 0.25) is 5.36 Å². The first-order valence-corrected chi connectivity index (χ1v) is 21.9. The normalized spacial score (nSPS) is 17.4. The standard InChI is InChI=1S/C42H50N4O6S2/c1-8-46-38-25-36-34(23-32(38)28(2)26-41(46,3)4)39(40-43(7)19-20-44(40)17-9-10-21-53(47,48)49)33-22-30-12-11-18-45(37(30)24-35(33)42(36,5)6)27-29-13-15-31(16-14-29)54(50,51)52/h13-16,19-20,22-26H,8-12,17-18,21,27H2,1-7H3/p+2. The molecule has 3 aliphatic rings. The van der Waals surface area contributed by atoms with Crippen LogP contribution in [0, 0.1) is 0 Å². The molecule has 54 heavy (non-hydrogen) atoms. The van der Waals surface area contributed by atoms with E-state index in [1.165, 1.54) is 61.8 Å². The fourth-order valence-corrected chi connectivity index (χ4v) is 10.2. The Morgan fingerprint density at radius 1 is 0.907 bits per heavy atom. The highest BCUT2D eigenvalue weighted by Gasteiger charge is 2.41. The molecule has 7 rings (SSSR count). The maximum Gasteiger partial charge on any atom is 0.294 e. The van der Waals surface area contributed by atoms with Crippen LogP contribution in [-0.4, -0.2) is 54.9 Å². The fourth-order valence-electron chi connectivity index (χ4n) is 9.13. The van der Waals surface area contributed by atoms with Gasteiger partial charge in [-0.15, -0.1) is 0 Å². The summed E-state index contributed by atoms with van der Waals surface area (Å²) in [6.45, 7) is 16.5. The zero-order chi connectivity index (χ0) is 39.0. The van der Waals surface area contributed by atoms with E-state index < -0.39 is 20.2 Å². The van der Waals surface area contributed by atoms with Crippen molar-refractivity contribution < 1.29 is 30.5 Å². The minimum Gasteiger partial charge on any atom is -0.363 e. The first kappa shape index (κ1) is 38.2. The van der Waals surface area contributed by atoms with E-state index in [-0.39, 0.29) is 21.6 Å². The molecule has 3 heterocycles. The van der Waals surface area contributed by atoms with Gasteiger partial charge in [-0.2, -0.15) is 16.8 Å². The second kappa shape index (κ2) is 13.6. The Hall–Kier alpha value is -4.10. The summed E-state index contributed by atoms with van der Waals surface area (Å²) in [7, 11) is -6.24. The van der Waals surface area contributed by atoms with Crippen LogP contribution >= 0.6 is 0 Å². The molecular weight excluding hydrogens is 721 g/mol. The Balaban J connectivity index is 1.49. The third-order valence-electron chi connectivity index (χ3n) is 11.7. The number of hydrogen-bond acceptors (Lipinski definition) is 5. The van der Waals surface area contributed by atoms with E-state index in [4.69, 9.17) is 0 Å². The molecule has 2 aliphatic heterocycles. The number of allylic oxidation sites excluding steroid dienone is 1. The molecule has 0 saturated heterocycles. The van der Waals surface area contributed by atoms with Crippen LogP contribution in [-0.2, 0) is 52.2 Å². The molecule has 286 valence electrons. The number of aryl methyl sites for hydroxylation is 3. The van der Waals surface area contributed by atoms with Gasteiger partial charge in [0.15, 0.2) is 6.54 Å². The lowest BCUT2D eigenvalue weighted by Gasteiger charge is -2.44. The van der Waals surface area contributed by atoms with Crippen molar-refractivity contribution in [3.63, 3.8) is 0 Å². The van der Waals surface area contributed by atoms with Gasteiger partial charge in [0.05, 0.1) is 35.4 Å². The Bertz CT molecular complexity index is 2570. The van der Waals surface area contributed by atoms with Crippen LogP contribution in [0.1, 0.15) is 100 Å². The monoisotopic (exact) mass is 772 g/mol. The molecule has 2 N–H and O–H groups in total. The van der Waals surface area contributed by atoms with Gasteiger partial charge in [0.25, 0.3) is 26.1 Å². The second-order valence-corrected chi connectivity index (χ2v) is 19.2. The van der Waals surface area contributed by atoms with Crippen LogP contribution in [0.3, 0.4) is 0 Å². The van der Waals surface area contributed by atoms with Crippen molar-refractivity contribution in [3.8, 4) is 0 Å². The minimum atomic E-state index is -4.27. The van der Waals surface area contributed by atoms with E-state index in [0.29, 0.717) is 25.9 Å². The summed E-state index contributed by atoms with van der Waals surface area (Å²) in [6.07, 6.45) is 9.34. The summed E-state index contributed by atoms with van der Waals surface area (Å²) in [6, 6.07) is 16.0. The van der Waals surface area contributed by atoms with Crippen molar-refractivity contribution in [3.05, 3.63) is 117 Å². The molecule has 12 heteroatoms. The zero-order valence-corrected chi connectivity index (χ0v) is 34.0. The number of benzene rings is 3. The summed E-state index contributed by atoms with van der Waals surface area (Å²) in [4.78, 5) is 2.37. The molecule has 0 unspecified atom stereocenters. The Morgan fingerprint density at radius 3 is 2.30 bits per heavy atom. The van der Waals surface area contributed by atoms with Crippen molar-refractivity contribution in [2.75, 3.05) is 23.7 Å². The minimum absolute atomic E-state index is 0.114. The van der Waals surface area contributed by atoms with Gasteiger partial charge in [-0.05, 0) is 105 Å². The Morgan fingerprint density at radius 2 is 1.63 bits per heavy atom. The summed E-state index contributed by atoms with van der Waals surface area (Å²) in [5.41, 5.74) is 10.2. The highest BCUT2D eigenvalue weighted by Crippen LogP contribution is 2.47. The summed E-state index contributed by atoms with van der Waals surface area (Å²) in [5.74, 6) is 0.776. The zero-order valence-electron chi connectivity index (χ0n) is 32.3. The average molecular weight is 773 g/mol. The topological polar surface area (TPSA) is 124 Å². The van der Waals surface area contributed by atoms with Gasteiger partial charge in [0, 0.05) is 46.8 Å². The van der Waals surface area contributed by atoms with Crippen molar-refractivity contribution in [1.82, 2.24) is 9.14 Å². The molecule has 0 bridgehead atoms. The lowest BCUT2D eigenvalue weighted by Crippen LogP contribution is -2.46. The molecule has 0 radical (unpaired) electrons. The van der Waals surface area contributed by atoms with Crippen LogP contribution in [0.15, 0.2) is 71.9 Å². The molecule has 1 aromatic heterocycles. The first-order chi connectivity index (χ1) is 25.3. The molecule has 4 aromatic rings. The lowest BCUT2D eigenvalue weighted by atomic mass is 9.68. The smallest absolute Gasteiger partial charge is 0.294 e. The first-order valence-electron chi connectivity index (χ1n) is 18.8. The Kier molecular flexibility index (Phi) is 9.60. The number of rotatable bonds is 10. The number of likely N-dealkylation sites (N-methyl/N-ethyl adjacent to an activating group) is 1. The highest BCUT2D eigenvalue weighted by molar-refractivity contribution is 7.86. The van der Waals surface area contributed by atoms with Gasteiger partial charge in [-0.25, -0.2) is 13.7 Å². The summed E-state index contributed by atoms with van der Waals surface area (Å²) in [5, 5.41) is 2.36. The van der Waals surface area contributed by atoms with Crippen LogP contribution in [0.2, 0.25) is 0 Å². The molecule has 0 amide bonds. The van der Waals surface area contributed by atoms with E-state index in [9.17, 15) is 25.9 Å². The average Bonchev–Trinajstić information content (AvgIpc) is 3.44. The number of hydrogen-bond donors (Lipinski definition) is 2. The quantitative estimate of drug-likeness (QED) is 0.135. The highest BCUT2D eigenvalue weighted by atomic mass is 32.2. The number of imidazole rings is 1. The summed E-state index contributed by atoms with van der Waals surface area (Å²) >= 11 is 0. The van der Waals surface area contributed by atoms with Crippen LogP contribution in [0.5, 0.6) is 0 Å². The van der Waals surface area contributed by atoms with Crippen molar-refractivity contribution in [2.24, 2.45) is 7.05 Å². The molecular formula is C42H52N4O6S2+2. The number of unbranched alkanes of at least 4 members (excludes halogenated alkanes) is 1. The molecule has 10 nitrogen and oxygen atoms in total. The molecule has 0 spiro atoms. The molecule has 3 aromatic carbocycles. The van der Waals surface area contributed by atoms with Crippen molar-refractivity contribution in [2.45, 2.75) is 96.2 Å². The van der Waals surface area contributed by atoms with E-state index in [1.54, 1.807) is 12.1 Å². The fraction of sp³-hybridized carbons (Fsp3) is 0.429. The Labute approximate surface area is 319 Å². The van der Waals surface area contributed by atoms with Gasteiger partial charge >= 0.3 is 0 Å². The number of nitrogens with zero attached hydrogens (tertiary/aromatic N) is 4.